The average molecular weight is 301 g/mol. The van der Waals surface area contributed by atoms with E-state index in [-0.39, 0.29) is 25.3 Å². The molecule has 0 saturated carbocycles. The largest absolute Gasteiger partial charge is 0.480 e. The third-order valence-corrected chi connectivity index (χ3v) is 3.52. The van der Waals surface area contributed by atoms with E-state index in [1.54, 1.807) is 18.2 Å². The predicted molar refractivity (Wildman–Crippen MR) is 73.0 cm³/mol. The molecule has 0 spiro atoms. The first-order valence-corrected chi connectivity index (χ1v) is 7.03. The Kier molecular flexibility index (Phi) is 7.03. The highest BCUT2D eigenvalue weighted by Gasteiger charge is 2.18. The Bertz CT molecular complexity index is 469. The molecule has 1 rings (SSSR count). The number of aliphatic carboxylic acids is 1. The van der Waals surface area contributed by atoms with Gasteiger partial charge in [0.05, 0.1) is 0 Å². The molecule has 1 aromatic carbocycles. The van der Waals surface area contributed by atoms with Gasteiger partial charge in [0.2, 0.25) is 5.91 Å². The number of amides is 1. The molecule has 3 N–H and O–H groups in total. The molecular formula is C13H16FNO4S. The highest BCUT2D eigenvalue weighted by molar-refractivity contribution is 7.99. The van der Waals surface area contributed by atoms with Crippen LogP contribution in [0.1, 0.15) is 12.8 Å². The molecule has 0 fully saturated rings. The van der Waals surface area contributed by atoms with Crippen molar-refractivity contribution in [2.45, 2.75) is 23.8 Å². The number of carboxylic acids is 1. The van der Waals surface area contributed by atoms with E-state index in [2.05, 4.69) is 5.32 Å². The summed E-state index contributed by atoms with van der Waals surface area (Å²) >= 11 is 1.19. The highest BCUT2D eigenvalue weighted by Crippen LogP contribution is 2.21. The van der Waals surface area contributed by atoms with Crippen LogP contribution >= 0.6 is 11.8 Å². The summed E-state index contributed by atoms with van der Waals surface area (Å²) in [5.74, 6) is -1.62. The van der Waals surface area contributed by atoms with Gasteiger partial charge in [0.1, 0.15) is 11.9 Å². The van der Waals surface area contributed by atoms with Crippen molar-refractivity contribution in [2.75, 3.05) is 12.4 Å². The molecule has 0 unspecified atom stereocenters. The van der Waals surface area contributed by atoms with E-state index < -0.39 is 17.9 Å². The number of aliphatic hydroxyl groups excluding tert-OH is 1. The summed E-state index contributed by atoms with van der Waals surface area (Å²) in [5, 5.41) is 19.8. The number of benzene rings is 1. The highest BCUT2D eigenvalue weighted by atomic mass is 32.2. The molecule has 1 atom stereocenters. The first kappa shape index (κ1) is 16.5. The van der Waals surface area contributed by atoms with Gasteiger partial charge in [-0.25, -0.2) is 9.18 Å². The van der Waals surface area contributed by atoms with Crippen LogP contribution in [0.5, 0.6) is 0 Å². The second-order valence-corrected chi connectivity index (χ2v) is 5.14. The summed E-state index contributed by atoms with van der Waals surface area (Å²) in [4.78, 5) is 22.8. The Morgan fingerprint density at radius 1 is 1.35 bits per heavy atom. The quantitative estimate of drug-likeness (QED) is 0.629. The van der Waals surface area contributed by atoms with Crippen LogP contribution in [0.25, 0.3) is 0 Å². The summed E-state index contributed by atoms with van der Waals surface area (Å²) in [6.07, 6.45) is 0.0374. The molecular weight excluding hydrogens is 285 g/mol. The van der Waals surface area contributed by atoms with E-state index in [0.29, 0.717) is 10.6 Å². The van der Waals surface area contributed by atoms with Crippen LogP contribution < -0.4 is 5.32 Å². The first-order chi connectivity index (χ1) is 9.54. The summed E-state index contributed by atoms with van der Waals surface area (Å²) in [6, 6.07) is 5.14. The smallest absolute Gasteiger partial charge is 0.326 e. The van der Waals surface area contributed by atoms with Crippen molar-refractivity contribution >= 4 is 23.6 Å². The van der Waals surface area contributed by atoms with E-state index in [1.165, 1.54) is 17.8 Å². The molecule has 1 amide bonds. The molecule has 7 heteroatoms. The number of aliphatic hydroxyl groups is 1. The van der Waals surface area contributed by atoms with Crippen molar-refractivity contribution in [3.05, 3.63) is 30.1 Å². The molecule has 20 heavy (non-hydrogen) atoms. The van der Waals surface area contributed by atoms with Crippen molar-refractivity contribution in [1.82, 2.24) is 5.32 Å². The third kappa shape index (κ3) is 5.58. The number of carbonyl (C=O) groups is 2. The minimum absolute atomic E-state index is 0.0401. The van der Waals surface area contributed by atoms with E-state index in [4.69, 9.17) is 10.2 Å². The van der Waals surface area contributed by atoms with Crippen molar-refractivity contribution in [2.24, 2.45) is 0 Å². The van der Waals surface area contributed by atoms with E-state index in [1.807, 2.05) is 0 Å². The topological polar surface area (TPSA) is 86.6 Å². The summed E-state index contributed by atoms with van der Waals surface area (Å²) in [7, 11) is 0. The second kappa shape index (κ2) is 8.55. The fourth-order valence-electron chi connectivity index (χ4n) is 1.47. The van der Waals surface area contributed by atoms with Crippen molar-refractivity contribution in [3.8, 4) is 0 Å². The molecule has 0 radical (unpaired) electrons. The molecule has 110 valence electrons. The Balaban J connectivity index is 2.36. The van der Waals surface area contributed by atoms with Gasteiger partial charge in [0.15, 0.2) is 0 Å². The normalized spacial score (nSPS) is 11.9. The third-order valence-electron chi connectivity index (χ3n) is 2.47. The number of hydrogen-bond donors (Lipinski definition) is 3. The van der Waals surface area contributed by atoms with Gasteiger partial charge >= 0.3 is 5.97 Å². The summed E-state index contributed by atoms with van der Waals surface area (Å²) in [6.45, 7) is -0.318. The number of hydrogen-bond acceptors (Lipinski definition) is 4. The second-order valence-electron chi connectivity index (χ2n) is 4.00. The van der Waals surface area contributed by atoms with Gasteiger partial charge in [-0.2, -0.15) is 0 Å². The lowest BCUT2D eigenvalue weighted by molar-refractivity contribution is -0.142. The predicted octanol–water partition coefficient (Wildman–Crippen LogP) is 1.26. The number of rotatable bonds is 8. The lowest BCUT2D eigenvalue weighted by Crippen LogP contribution is -2.41. The average Bonchev–Trinajstić information content (AvgIpc) is 2.40. The Labute approximate surface area is 120 Å². The van der Waals surface area contributed by atoms with Gasteiger partial charge in [0, 0.05) is 30.1 Å². The first-order valence-electron chi connectivity index (χ1n) is 6.05. The maximum absolute atomic E-state index is 13.3. The minimum atomic E-state index is -1.19. The minimum Gasteiger partial charge on any atom is -0.480 e. The summed E-state index contributed by atoms with van der Waals surface area (Å²) in [5.41, 5.74) is 0. The van der Waals surface area contributed by atoms with Crippen LogP contribution in [-0.4, -0.2) is 40.5 Å². The van der Waals surface area contributed by atoms with Crippen molar-refractivity contribution < 1.29 is 24.2 Å². The summed E-state index contributed by atoms with van der Waals surface area (Å²) < 4.78 is 13.3. The fraction of sp³-hybridized carbons (Fsp3) is 0.385. The molecule has 0 heterocycles. The Morgan fingerprint density at radius 2 is 2.05 bits per heavy atom. The zero-order valence-electron chi connectivity index (χ0n) is 10.7. The number of halogens is 1. The molecule has 0 aliphatic heterocycles. The fourth-order valence-corrected chi connectivity index (χ4v) is 2.36. The molecule has 0 aromatic heterocycles. The number of carboxylic acid groups (broad SMARTS) is 1. The molecule has 5 nitrogen and oxygen atoms in total. The molecule has 0 bridgehead atoms. The van der Waals surface area contributed by atoms with E-state index >= 15 is 0 Å². The molecule has 0 saturated heterocycles. The maximum Gasteiger partial charge on any atom is 0.326 e. The number of carbonyl (C=O) groups excluding carboxylic acids is 1. The Hall–Kier alpha value is -1.60. The monoisotopic (exact) mass is 301 g/mol. The van der Waals surface area contributed by atoms with Gasteiger partial charge < -0.3 is 15.5 Å². The van der Waals surface area contributed by atoms with Crippen LogP contribution in [0.15, 0.2) is 29.2 Å². The van der Waals surface area contributed by atoms with Crippen LogP contribution in [0, 0.1) is 5.82 Å². The lowest BCUT2D eigenvalue weighted by Gasteiger charge is -2.13. The maximum atomic E-state index is 13.3. The van der Waals surface area contributed by atoms with Gasteiger partial charge in [-0.3, -0.25) is 4.79 Å². The van der Waals surface area contributed by atoms with Crippen LogP contribution in [-0.2, 0) is 9.59 Å². The van der Waals surface area contributed by atoms with E-state index in [0.717, 1.165) is 0 Å². The van der Waals surface area contributed by atoms with Gasteiger partial charge in [0.25, 0.3) is 0 Å². The zero-order valence-corrected chi connectivity index (χ0v) is 11.5. The molecule has 1 aromatic rings. The van der Waals surface area contributed by atoms with Crippen molar-refractivity contribution in [1.29, 1.82) is 0 Å². The van der Waals surface area contributed by atoms with Crippen molar-refractivity contribution in [3.63, 3.8) is 0 Å². The standard InChI is InChI=1S/C13H16FNO4S/c14-9-3-1-2-4-11(9)20-8-6-12(17)15-10(5-7-16)13(18)19/h1-4,10,16H,5-8H2,(H,15,17)(H,18,19)/t10-/m1/s1. The van der Waals surface area contributed by atoms with Gasteiger partial charge in [-0.1, -0.05) is 12.1 Å². The number of thioether (sulfide) groups is 1. The van der Waals surface area contributed by atoms with E-state index in [9.17, 15) is 14.0 Å². The van der Waals surface area contributed by atoms with Crippen LogP contribution in [0.4, 0.5) is 4.39 Å². The SMILES string of the molecule is O=C(CCSc1ccccc1F)N[C@H](CCO)C(=O)O. The lowest BCUT2D eigenvalue weighted by atomic mass is 10.2. The number of nitrogens with one attached hydrogen (secondary N) is 1. The van der Waals surface area contributed by atoms with Crippen LogP contribution in [0.2, 0.25) is 0 Å². The van der Waals surface area contributed by atoms with Crippen LogP contribution in [0.3, 0.4) is 0 Å². The zero-order chi connectivity index (χ0) is 15.0. The molecule has 0 aliphatic carbocycles. The molecule has 0 aliphatic rings. The van der Waals surface area contributed by atoms with Gasteiger partial charge in [-0.15, -0.1) is 11.8 Å². The van der Waals surface area contributed by atoms with Gasteiger partial charge in [-0.05, 0) is 12.1 Å². The Morgan fingerprint density at radius 3 is 2.65 bits per heavy atom.